The van der Waals surface area contributed by atoms with Gasteiger partial charge in [0.25, 0.3) is 0 Å². The Kier molecular flexibility index (Phi) is 6.18. The first-order chi connectivity index (χ1) is 13.6. The van der Waals surface area contributed by atoms with Crippen LogP contribution in [0.3, 0.4) is 0 Å². The van der Waals surface area contributed by atoms with Crippen LogP contribution in [0.1, 0.15) is 64.1 Å². The van der Waals surface area contributed by atoms with Gasteiger partial charge in [-0.25, -0.2) is 0 Å². The van der Waals surface area contributed by atoms with Gasteiger partial charge in [0.15, 0.2) is 0 Å². The molecule has 1 aromatic heterocycles. The van der Waals surface area contributed by atoms with Crippen LogP contribution in [0, 0.1) is 11.8 Å². The van der Waals surface area contributed by atoms with Gasteiger partial charge in [-0.15, -0.1) is 0 Å². The van der Waals surface area contributed by atoms with Gasteiger partial charge in [-0.05, 0) is 67.8 Å². The van der Waals surface area contributed by atoms with Crippen LogP contribution in [0.25, 0.3) is 17.1 Å². The van der Waals surface area contributed by atoms with Crippen LogP contribution in [0.4, 0.5) is 0 Å². The number of benzene rings is 1. The topological polar surface area (TPSA) is 8.17 Å². The second kappa shape index (κ2) is 8.63. The Morgan fingerprint density at radius 2 is 1.75 bits per heavy atom. The third-order valence-corrected chi connectivity index (χ3v) is 7.44. The molecule has 2 unspecified atom stereocenters. The largest absolute Gasteiger partial charge is 0.320 e. The van der Waals surface area contributed by atoms with Crippen molar-refractivity contribution >= 4 is 28.7 Å². The van der Waals surface area contributed by atoms with Crippen molar-refractivity contribution < 1.29 is 0 Å². The highest BCUT2D eigenvalue weighted by Crippen LogP contribution is 2.38. The summed E-state index contributed by atoms with van der Waals surface area (Å²) in [6, 6.07) is 6.48. The maximum absolute atomic E-state index is 6.40. The third kappa shape index (κ3) is 3.91. The van der Waals surface area contributed by atoms with Crippen LogP contribution >= 0.6 is 11.6 Å². The molecule has 0 radical (unpaired) electrons. The van der Waals surface area contributed by atoms with E-state index in [0.717, 1.165) is 49.3 Å². The van der Waals surface area contributed by atoms with Crippen molar-refractivity contribution in [2.24, 2.45) is 11.8 Å². The lowest BCUT2D eigenvalue weighted by Gasteiger charge is -2.30. The Bertz CT molecular complexity index is 849. The summed E-state index contributed by atoms with van der Waals surface area (Å²) < 4.78 is 2.54. The lowest BCUT2D eigenvalue weighted by atomic mass is 9.76. The summed E-state index contributed by atoms with van der Waals surface area (Å²) in [6.07, 6.45) is 11.3. The predicted molar refractivity (Wildman–Crippen MR) is 122 cm³/mol. The Hall–Kier alpha value is -1.25. The fourth-order valence-electron chi connectivity index (χ4n) is 5.44. The standard InChI is InChI=1S/C25H35ClN2/c1-4-18-13-19(5-2)15-20(14-18)17-28-24-8-7-21(26)16-23(24)22-9-11-27(6-3)12-10-25(22)28/h7-8,16-19H,4-6,9-15H2,1-3H3. The summed E-state index contributed by atoms with van der Waals surface area (Å²) >= 11 is 6.40. The number of fused-ring (bicyclic) bond motifs is 3. The predicted octanol–water partition coefficient (Wildman–Crippen LogP) is 6.79. The van der Waals surface area contributed by atoms with E-state index in [1.807, 2.05) is 0 Å². The molecule has 1 aliphatic heterocycles. The molecule has 1 fully saturated rings. The second-order valence-corrected chi connectivity index (χ2v) is 9.31. The van der Waals surface area contributed by atoms with Gasteiger partial charge in [-0.1, -0.05) is 50.8 Å². The Morgan fingerprint density at radius 1 is 1.04 bits per heavy atom. The summed E-state index contributed by atoms with van der Waals surface area (Å²) in [5, 5.41) is 2.22. The number of rotatable bonds is 4. The van der Waals surface area contributed by atoms with Crippen LogP contribution in [0.15, 0.2) is 23.8 Å². The molecule has 2 atom stereocenters. The van der Waals surface area contributed by atoms with Crippen LogP contribution in [-0.4, -0.2) is 29.1 Å². The number of likely N-dealkylation sites (N-methyl/N-ethyl adjacent to an activating group) is 1. The first-order valence-corrected chi connectivity index (χ1v) is 11.7. The molecule has 2 aromatic rings. The molecule has 0 N–H and O–H groups in total. The Labute approximate surface area is 175 Å². The average Bonchev–Trinajstić information content (AvgIpc) is 2.86. The van der Waals surface area contributed by atoms with Crippen molar-refractivity contribution in [2.75, 3.05) is 19.6 Å². The van der Waals surface area contributed by atoms with Gasteiger partial charge in [0.05, 0.1) is 5.52 Å². The lowest BCUT2D eigenvalue weighted by molar-refractivity contribution is 0.302. The minimum atomic E-state index is 0.853. The quantitative estimate of drug-likeness (QED) is 0.550. The molecule has 152 valence electrons. The van der Waals surface area contributed by atoms with E-state index in [0.29, 0.717) is 0 Å². The van der Waals surface area contributed by atoms with E-state index in [1.165, 1.54) is 54.3 Å². The zero-order chi connectivity index (χ0) is 19.7. The molecule has 0 amide bonds. The molecule has 0 saturated heterocycles. The third-order valence-electron chi connectivity index (χ3n) is 7.21. The first-order valence-electron chi connectivity index (χ1n) is 11.4. The van der Waals surface area contributed by atoms with E-state index in [9.17, 15) is 0 Å². The van der Waals surface area contributed by atoms with Gasteiger partial charge in [0, 0.05) is 41.8 Å². The minimum absolute atomic E-state index is 0.853. The van der Waals surface area contributed by atoms with Crippen molar-refractivity contribution in [3.8, 4) is 0 Å². The van der Waals surface area contributed by atoms with E-state index in [-0.39, 0.29) is 0 Å². The number of hydrogen-bond acceptors (Lipinski definition) is 1. The average molecular weight is 399 g/mol. The molecule has 2 aliphatic rings. The molecule has 1 aliphatic carbocycles. The molecule has 4 rings (SSSR count). The van der Waals surface area contributed by atoms with Crippen molar-refractivity contribution in [2.45, 2.75) is 65.7 Å². The van der Waals surface area contributed by atoms with Gasteiger partial charge in [-0.2, -0.15) is 0 Å². The SMILES string of the molecule is CCC1CC(=Cn2c3c(c4cc(Cl)ccc42)CCN(CC)CC3)CC(CC)C1. The van der Waals surface area contributed by atoms with Gasteiger partial charge in [0.2, 0.25) is 0 Å². The summed E-state index contributed by atoms with van der Waals surface area (Å²) in [6.45, 7) is 10.4. The maximum Gasteiger partial charge on any atom is 0.0529 e. The minimum Gasteiger partial charge on any atom is -0.320 e. The highest BCUT2D eigenvalue weighted by molar-refractivity contribution is 6.31. The van der Waals surface area contributed by atoms with Gasteiger partial charge >= 0.3 is 0 Å². The van der Waals surface area contributed by atoms with Crippen LogP contribution < -0.4 is 0 Å². The summed E-state index contributed by atoms with van der Waals surface area (Å²) in [5.74, 6) is 1.71. The zero-order valence-electron chi connectivity index (χ0n) is 17.8. The summed E-state index contributed by atoms with van der Waals surface area (Å²) in [7, 11) is 0. The lowest BCUT2D eigenvalue weighted by Crippen LogP contribution is -2.26. The summed E-state index contributed by atoms with van der Waals surface area (Å²) in [5.41, 5.74) is 6.04. The maximum atomic E-state index is 6.40. The molecule has 1 aromatic carbocycles. The van der Waals surface area contributed by atoms with Gasteiger partial charge in [0.1, 0.15) is 0 Å². The molecule has 3 heteroatoms. The number of allylic oxidation sites excluding steroid dienone is 1. The highest BCUT2D eigenvalue weighted by Gasteiger charge is 2.25. The first kappa shape index (κ1) is 20.0. The fraction of sp³-hybridized carbons (Fsp3) is 0.600. The monoisotopic (exact) mass is 398 g/mol. The van der Waals surface area contributed by atoms with Crippen molar-refractivity contribution in [1.82, 2.24) is 9.47 Å². The molecule has 2 nitrogen and oxygen atoms in total. The van der Waals surface area contributed by atoms with E-state index < -0.39 is 0 Å². The van der Waals surface area contributed by atoms with E-state index in [2.05, 4.69) is 54.6 Å². The van der Waals surface area contributed by atoms with Gasteiger partial charge in [-0.3, -0.25) is 0 Å². The molecule has 2 heterocycles. The van der Waals surface area contributed by atoms with Crippen molar-refractivity contribution in [3.63, 3.8) is 0 Å². The normalized spacial score (nSPS) is 23.6. The van der Waals surface area contributed by atoms with Crippen molar-refractivity contribution in [3.05, 3.63) is 40.1 Å². The number of hydrogen-bond donors (Lipinski definition) is 0. The number of nitrogens with zero attached hydrogens (tertiary/aromatic N) is 2. The Morgan fingerprint density at radius 3 is 2.43 bits per heavy atom. The highest BCUT2D eigenvalue weighted by atomic mass is 35.5. The van der Waals surface area contributed by atoms with E-state index in [4.69, 9.17) is 11.6 Å². The summed E-state index contributed by atoms with van der Waals surface area (Å²) in [4.78, 5) is 2.58. The van der Waals surface area contributed by atoms with Gasteiger partial charge < -0.3 is 9.47 Å². The second-order valence-electron chi connectivity index (χ2n) is 8.87. The Balaban J connectivity index is 1.79. The van der Waals surface area contributed by atoms with E-state index >= 15 is 0 Å². The van der Waals surface area contributed by atoms with Crippen LogP contribution in [0.2, 0.25) is 5.02 Å². The van der Waals surface area contributed by atoms with Crippen LogP contribution in [0.5, 0.6) is 0 Å². The fourth-order valence-corrected chi connectivity index (χ4v) is 5.61. The molecule has 28 heavy (non-hydrogen) atoms. The van der Waals surface area contributed by atoms with Crippen LogP contribution in [-0.2, 0) is 12.8 Å². The molecular weight excluding hydrogens is 364 g/mol. The molecule has 1 saturated carbocycles. The number of halogens is 1. The number of aromatic nitrogens is 1. The molecule has 0 bridgehead atoms. The molecule has 0 spiro atoms. The van der Waals surface area contributed by atoms with Crippen molar-refractivity contribution in [1.29, 1.82) is 0 Å². The zero-order valence-corrected chi connectivity index (χ0v) is 18.6. The smallest absolute Gasteiger partial charge is 0.0529 e. The van der Waals surface area contributed by atoms with E-state index in [1.54, 1.807) is 5.57 Å². The molecular formula is C25H35ClN2.